The summed E-state index contributed by atoms with van der Waals surface area (Å²) in [6.07, 6.45) is 3.81. The van der Waals surface area contributed by atoms with Gasteiger partial charge in [-0.2, -0.15) is 0 Å². The van der Waals surface area contributed by atoms with Gasteiger partial charge in [-0.1, -0.05) is 12.1 Å². The second-order valence-corrected chi connectivity index (χ2v) is 8.33. The summed E-state index contributed by atoms with van der Waals surface area (Å²) in [7, 11) is 1.55. The Morgan fingerprint density at radius 3 is 2.47 bits per heavy atom. The predicted molar refractivity (Wildman–Crippen MR) is 139 cm³/mol. The van der Waals surface area contributed by atoms with Gasteiger partial charge in [0.1, 0.15) is 5.75 Å². The Balaban J connectivity index is 1.25. The molecule has 36 heavy (non-hydrogen) atoms. The number of carbonyl (C=O) groups is 2. The number of carbonyl (C=O) groups excluding carboxylic acids is 2. The van der Waals surface area contributed by atoms with Crippen molar-refractivity contribution in [2.24, 2.45) is 0 Å². The lowest BCUT2D eigenvalue weighted by molar-refractivity contribution is -0.116. The van der Waals surface area contributed by atoms with E-state index in [2.05, 4.69) is 20.9 Å². The fraction of sp³-hybridized carbons (Fsp3) is 0.148. The monoisotopic (exact) mass is 483 g/mol. The Hall–Kier alpha value is -4.79. The molecule has 9 heteroatoms. The number of urea groups is 1. The molecule has 3 amide bonds. The minimum atomic E-state index is -0.392. The molecule has 1 aliphatic rings. The number of hydrogen-bond acceptors (Lipinski definition) is 6. The van der Waals surface area contributed by atoms with Crippen LogP contribution in [-0.4, -0.2) is 30.6 Å². The van der Waals surface area contributed by atoms with E-state index >= 15 is 0 Å². The van der Waals surface area contributed by atoms with E-state index in [1.54, 1.807) is 49.4 Å². The number of nitrogens with one attached hydrogen (secondary N) is 3. The lowest BCUT2D eigenvalue weighted by Gasteiger charge is -2.16. The molecule has 1 aromatic heterocycles. The summed E-state index contributed by atoms with van der Waals surface area (Å²) >= 11 is 0. The van der Waals surface area contributed by atoms with Crippen molar-refractivity contribution in [1.82, 2.24) is 4.98 Å². The van der Waals surface area contributed by atoms with Crippen molar-refractivity contribution < 1.29 is 18.7 Å². The molecule has 1 aliphatic heterocycles. The highest BCUT2D eigenvalue weighted by atomic mass is 16.5. The number of rotatable bonds is 6. The SMILES string of the molecule is COc1cc(NC(=O)Nc2cccc(Nc3ccc4c(c3)N(C(C)=O)CC4)c2)ccc1-c1cnco1. The second-order valence-electron chi connectivity index (χ2n) is 8.33. The Morgan fingerprint density at radius 2 is 1.72 bits per heavy atom. The lowest BCUT2D eigenvalue weighted by atomic mass is 10.1. The molecule has 0 aliphatic carbocycles. The highest BCUT2D eigenvalue weighted by Gasteiger charge is 2.22. The molecule has 3 aromatic carbocycles. The van der Waals surface area contributed by atoms with E-state index in [4.69, 9.17) is 9.15 Å². The van der Waals surface area contributed by atoms with E-state index in [1.165, 1.54) is 6.39 Å². The largest absolute Gasteiger partial charge is 0.496 e. The molecular weight excluding hydrogens is 458 g/mol. The van der Waals surface area contributed by atoms with Gasteiger partial charge in [0.05, 0.1) is 18.9 Å². The highest BCUT2D eigenvalue weighted by Crippen LogP contribution is 2.33. The summed E-state index contributed by atoms with van der Waals surface area (Å²) in [5.41, 5.74) is 5.68. The van der Waals surface area contributed by atoms with Gasteiger partial charge in [-0.25, -0.2) is 9.78 Å². The van der Waals surface area contributed by atoms with E-state index in [0.717, 1.165) is 34.6 Å². The molecule has 0 saturated heterocycles. The van der Waals surface area contributed by atoms with Crippen molar-refractivity contribution in [3.63, 3.8) is 0 Å². The Labute approximate surface area is 208 Å². The fourth-order valence-electron chi connectivity index (χ4n) is 4.24. The first-order chi connectivity index (χ1) is 17.5. The van der Waals surface area contributed by atoms with E-state index < -0.39 is 6.03 Å². The minimum Gasteiger partial charge on any atom is -0.496 e. The molecule has 0 atom stereocenters. The average Bonchev–Trinajstić information content (AvgIpc) is 3.54. The number of ether oxygens (including phenoxy) is 1. The van der Waals surface area contributed by atoms with Gasteiger partial charge in [0.25, 0.3) is 0 Å². The molecule has 0 unspecified atom stereocenters. The maximum absolute atomic E-state index is 12.6. The summed E-state index contributed by atoms with van der Waals surface area (Å²) < 4.78 is 10.8. The third kappa shape index (κ3) is 4.85. The summed E-state index contributed by atoms with van der Waals surface area (Å²) in [5.74, 6) is 1.16. The van der Waals surface area contributed by atoms with E-state index in [9.17, 15) is 9.59 Å². The van der Waals surface area contributed by atoms with Crippen molar-refractivity contribution >= 4 is 40.4 Å². The van der Waals surface area contributed by atoms with Crippen molar-refractivity contribution in [3.05, 3.63) is 78.8 Å². The normalized spacial score (nSPS) is 12.1. The highest BCUT2D eigenvalue weighted by molar-refractivity contribution is 6.00. The van der Waals surface area contributed by atoms with Crippen LogP contribution in [0.1, 0.15) is 12.5 Å². The third-order valence-electron chi connectivity index (χ3n) is 5.93. The van der Waals surface area contributed by atoms with Crippen LogP contribution in [0.2, 0.25) is 0 Å². The first-order valence-corrected chi connectivity index (χ1v) is 11.4. The molecule has 3 N–H and O–H groups in total. The standard InChI is InChI=1S/C27H25N5O4/c1-17(33)32-11-10-18-6-7-21(13-24(18)32)29-19-4-3-5-20(12-19)30-27(34)31-22-8-9-23(25(14-22)35-2)26-15-28-16-36-26/h3-9,12-16,29H,10-11H2,1-2H3,(H2,30,31,34). The maximum atomic E-state index is 12.6. The van der Waals surface area contributed by atoms with Crippen molar-refractivity contribution in [3.8, 4) is 17.1 Å². The number of aromatic nitrogens is 1. The number of benzene rings is 3. The average molecular weight is 484 g/mol. The van der Waals surface area contributed by atoms with Crippen LogP contribution >= 0.6 is 0 Å². The molecule has 0 radical (unpaired) electrons. The Morgan fingerprint density at radius 1 is 0.972 bits per heavy atom. The van der Waals surface area contributed by atoms with Crippen LogP contribution < -0.4 is 25.6 Å². The molecular formula is C27H25N5O4. The van der Waals surface area contributed by atoms with Gasteiger partial charge in [-0.05, 0) is 54.4 Å². The van der Waals surface area contributed by atoms with E-state index in [-0.39, 0.29) is 5.91 Å². The molecule has 182 valence electrons. The molecule has 9 nitrogen and oxygen atoms in total. The summed E-state index contributed by atoms with van der Waals surface area (Å²) in [6, 6.07) is 18.3. The van der Waals surface area contributed by atoms with Crippen molar-refractivity contribution in [1.29, 1.82) is 0 Å². The molecule has 4 aromatic rings. The lowest BCUT2D eigenvalue weighted by Crippen LogP contribution is -2.25. The topological polar surface area (TPSA) is 109 Å². The molecule has 0 saturated carbocycles. The van der Waals surface area contributed by atoms with Crippen LogP contribution in [-0.2, 0) is 11.2 Å². The van der Waals surface area contributed by atoms with Gasteiger partial charge in [-0.15, -0.1) is 0 Å². The van der Waals surface area contributed by atoms with Crippen LogP contribution in [0.25, 0.3) is 11.3 Å². The summed E-state index contributed by atoms with van der Waals surface area (Å²) in [4.78, 5) is 30.3. The molecule has 5 rings (SSSR count). The number of nitrogens with zero attached hydrogens (tertiary/aromatic N) is 2. The number of fused-ring (bicyclic) bond motifs is 1. The zero-order valence-corrected chi connectivity index (χ0v) is 19.9. The zero-order chi connectivity index (χ0) is 25.1. The quantitative estimate of drug-likeness (QED) is 0.327. The van der Waals surface area contributed by atoms with Crippen LogP contribution in [0.5, 0.6) is 5.75 Å². The van der Waals surface area contributed by atoms with Gasteiger partial charge >= 0.3 is 6.03 Å². The summed E-state index contributed by atoms with van der Waals surface area (Å²) in [6.45, 7) is 2.29. The van der Waals surface area contributed by atoms with Crippen LogP contribution in [0.4, 0.5) is 33.2 Å². The number of hydrogen-bond donors (Lipinski definition) is 3. The fourth-order valence-corrected chi connectivity index (χ4v) is 4.24. The zero-order valence-electron chi connectivity index (χ0n) is 19.9. The first kappa shape index (κ1) is 23.0. The molecule has 0 bridgehead atoms. The first-order valence-electron chi connectivity index (χ1n) is 11.4. The van der Waals surface area contributed by atoms with Crippen molar-refractivity contribution in [2.75, 3.05) is 34.5 Å². The van der Waals surface area contributed by atoms with Crippen LogP contribution in [0, 0.1) is 0 Å². The Kier molecular flexibility index (Phi) is 6.27. The number of anilines is 5. The molecule has 2 heterocycles. The van der Waals surface area contributed by atoms with Crippen LogP contribution in [0.3, 0.4) is 0 Å². The maximum Gasteiger partial charge on any atom is 0.323 e. The minimum absolute atomic E-state index is 0.0355. The summed E-state index contributed by atoms with van der Waals surface area (Å²) in [5, 5.41) is 9.01. The third-order valence-corrected chi connectivity index (χ3v) is 5.93. The van der Waals surface area contributed by atoms with Gasteiger partial charge in [0.15, 0.2) is 12.2 Å². The second kappa shape index (κ2) is 9.83. The van der Waals surface area contributed by atoms with Gasteiger partial charge < -0.3 is 30.0 Å². The van der Waals surface area contributed by atoms with Gasteiger partial charge in [-0.3, -0.25) is 4.79 Å². The molecule has 0 spiro atoms. The number of amides is 3. The van der Waals surface area contributed by atoms with Crippen molar-refractivity contribution in [2.45, 2.75) is 13.3 Å². The van der Waals surface area contributed by atoms with Gasteiger partial charge in [0, 0.05) is 48.0 Å². The van der Waals surface area contributed by atoms with Crippen LogP contribution in [0.15, 0.2) is 77.7 Å². The smallest absolute Gasteiger partial charge is 0.323 e. The number of oxazole rings is 1. The predicted octanol–water partition coefficient (Wildman–Crippen LogP) is 5.65. The van der Waals surface area contributed by atoms with E-state index in [0.29, 0.717) is 29.4 Å². The number of methoxy groups -OCH3 is 1. The van der Waals surface area contributed by atoms with Gasteiger partial charge in [0.2, 0.25) is 5.91 Å². The molecule has 0 fully saturated rings. The Bertz CT molecular complexity index is 1420. The van der Waals surface area contributed by atoms with E-state index in [1.807, 2.05) is 36.4 Å².